The Labute approximate surface area is 179 Å². The van der Waals surface area contributed by atoms with E-state index in [1.54, 1.807) is 12.1 Å². The molecule has 0 radical (unpaired) electrons. The van der Waals surface area contributed by atoms with Gasteiger partial charge in [-0.05, 0) is 42.3 Å². The van der Waals surface area contributed by atoms with E-state index in [1.165, 1.54) is 11.6 Å². The Kier molecular flexibility index (Phi) is 6.06. The van der Waals surface area contributed by atoms with Gasteiger partial charge >= 0.3 is 5.63 Å². The molecule has 156 valence electrons. The SMILES string of the molecule is Cc1cc(=O)oc2cc(OCC(=O)N3CCN(Cc4ccc(Cl)cc4)CC3)ccc12. The summed E-state index contributed by atoms with van der Waals surface area (Å²) in [7, 11) is 0. The molecule has 0 unspecified atom stereocenters. The summed E-state index contributed by atoms with van der Waals surface area (Å²) in [4.78, 5) is 28.3. The van der Waals surface area contributed by atoms with Crippen LogP contribution < -0.4 is 10.4 Å². The van der Waals surface area contributed by atoms with Crippen molar-refractivity contribution in [2.75, 3.05) is 32.8 Å². The largest absolute Gasteiger partial charge is 0.484 e. The van der Waals surface area contributed by atoms with Gasteiger partial charge in [0.2, 0.25) is 0 Å². The highest BCUT2D eigenvalue weighted by Gasteiger charge is 2.21. The molecule has 1 aliphatic heterocycles. The summed E-state index contributed by atoms with van der Waals surface area (Å²) in [5, 5.41) is 1.59. The van der Waals surface area contributed by atoms with Crippen LogP contribution in [0.4, 0.5) is 0 Å². The molecule has 1 fully saturated rings. The van der Waals surface area contributed by atoms with Gasteiger partial charge in [0.25, 0.3) is 5.91 Å². The van der Waals surface area contributed by atoms with Crippen molar-refractivity contribution in [1.29, 1.82) is 0 Å². The molecule has 30 heavy (non-hydrogen) atoms. The lowest BCUT2D eigenvalue weighted by molar-refractivity contribution is -0.135. The first-order chi connectivity index (χ1) is 14.5. The smallest absolute Gasteiger partial charge is 0.336 e. The maximum Gasteiger partial charge on any atom is 0.336 e. The second-order valence-corrected chi connectivity index (χ2v) is 7.91. The molecule has 3 aromatic rings. The summed E-state index contributed by atoms with van der Waals surface area (Å²) < 4.78 is 10.9. The fraction of sp³-hybridized carbons (Fsp3) is 0.304. The first-order valence-electron chi connectivity index (χ1n) is 9.90. The number of hydrogen-bond donors (Lipinski definition) is 0. The van der Waals surface area contributed by atoms with Crippen LogP contribution in [-0.2, 0) is 11.3 Å². The quantitative estimate of drug-likeness (QED) is 0.584. The summed E-state index contributed by atoms with van der Waals surface area (Å²) in [6.45, 7) is 5.62. The lowest BCUT2D eigenvalue weighted by Crippen LogP contribution is -2.49. The van der Waals surface area contributed by atoms with Crippen molar-refractivity contribution >= 4 is 28.5 Å². The van der Waals surface area contributed by atoms with Crippen molar-refractivity contribution in [1.82, 2.24) is 9.80 Å². The van der Waals surface area contributed by atoms with Crippen LogP contribution in [0, 0.1) is 6.92 Å². The van der Waals surface area contributed by atoms with Gasteiger partial charge in [0.15, 0.2) is 6.61 Å². The standard InChI is InChI=1S/C23H23ClN2O4/c1-16-12-23(28)30-21-13-19(6-7-20(16)21)29-15-22(27)26-10-8-25(9-11-26)14-17-2-4-18(24)5-3-17/h2-7,12-13H,8-11,14-15H2,1H3. The highest BCUT2D eigenvalue weighted by atomic mass is 35.5. The zero-order valence-electron chi connectivity index (χ0n) is 16.8. The Hall–Kier alpha value is -2.83. The Bertz CT molecular complexity index is 1100. The van der Waals surface area contributed by atoms with Gasteiger partial charge in [0.1, 0.15) is 11.3 Å². The summed E-state index contributed by atoms with van der Waals surface area (Å²) in [6.07, 6.45) is 0. The molecule has 1 amide bonds. The van der Waals surface area contributed by atoms with E-state index >= 15 is 0 Å². The van der Waals surface area contributed by atoms with Gasteiger partial charge in [-0.15, -0.1) is 0 Å². The van der Waals surface area contributed by atoms with E-state index in [0.717, 1.165) is 35.6 Å². The first kappa shape index (κ1) is 20.4. The van der Waals surface area contributed by atoms with Crippen LogP contribution in [0.5, 0.6) is 5.75 Å². The van der Waals surface area contributed by atoms with Crippen molar-refractivity contribution in [2.45, 2.75) is 13.5 Å². The second kappa shape index (κ2) is 8.90. The van der Waals surface area contributed by atoms with Crippen LogP contribution in [-0.4, -0.2) is 48.5 Å². The predicted octanol–water partition coefficient (Wildman–Crippen LogP) is 3.48. The van der Waals surface area contributed by atoms with Crippen LogP contribution in [0.3, 0.4) is 0 Å². The van der Waals surface area contributed by atoms with E-state index in [9.17, 15) is 9.59 Å². The minimum atomic E-state index is -0.398. The van der Waals surface area contributed by atoms with Gasteiger partial charge in [-0.2, -0.15) is 0 Å². The molecular weight excluding hydrogens is 404 g/mol. The maximum atomic E-state index is 12.5. The molecule has 7 heteroatoms. The number of piperazine rings is 1. The van der Waals surface area contributed by atoms with Gasteiger partial charge in [-0.3, -0.25) is 9.69 Å². The fourth-order valence-electron chi connectivity index (χ4n) is 3.63. The molecule has 6 nitrogen and oxygen atoms in total. The molecule has 2 aromatic carbocycles. The number of carbonyl (C=O) groups excluding carboxylic acids is 1. The number of amides is 1. The number of nitrogens with zero attached hydrogens (tertiary/aromatic N) is 2. The molecule has 0 spiro atoms. The molecule has 0 atom stereocenters. The number of ether oxygens (including phenoxy) is 1. The van der Waals surface area contributed by atoms with Crippen molar-refractivity contribution in [2.24, 2.45) is 0 Å². The van der Waals surface area contributed by atoms with Gasteiger partial charge in [0, 0.05) is 55.3 Å². The van der Waals surface area contributed by atoms with Crippen molar-refractivity contribution in [3.63, 3.8) is 0 Å². The highest BCUT2D eigenvalue weighted by molar-refractivity contribution is 6.30. The Balaban J connectivity index is 1.29. The number of fused-ring (bicyclic) bond motifs is 1. The van der Waals surface area contributed by atoms with E-state index in [-0.39, 0.29) is 12.5 Å². The summed E-state index contributed by atoms with van der Waals surface area (Å²) in [5.41, 5.74) is 2.12. The monoisotopic (exact) mass is 426 g/mol. The van der Waals surface area contributed by atoms with Crippen LogP contribution in [0.15, 0.2) is 57.7 Å². The number of halogens is 1. The number of hydrogen-bond acceptors (Lipinski definition) is 5. The number of rotatable bonds is 5. The van der Waals surface area contributed by atoms with Crippen LogP contribution in [0.25, 0.3) is 11.0 Å². The third kappa shape index (κ3) is 4.83. The maximum absolute atomic E-state index is 12.5. The normalized spacial score (nSPS) is 14.8. The molecule has 2 heterocycles. The number of aryl methyl sites for hydroxylation is 1. The first-order valence-corrected chi connectivity index (χ1v) is 10.3. The highest BCUT2D eigenvalue weighted by Crippen LogP contribution is 2.22. The van der Waals surface area contributed by atoms with Gasteiger partial charge < -0.3 is 14.1 Å². The average Bonchev–Trinajstić information content (AvgIpc) is 2.74. The molecule has 1 saturated heterocycles. The van der Waals surface area contributed by atoms with Gasteiger partial charge in [-0.1, -0.05) is 23.7 Å². The zero-order chi connectivity index (χ0) is 21.1. The van der Waals surface area contributed by atoms with E-state index in [4.69, 9.17) is 20.8 Å². The molecule has 0 aliphatic carbocycles. The third-order valence-corrected chi connectivity index (χ3v) is 5.58. The predicted molar refractivity (Wildman–Crippen MR) is 116 cm³/mol. The van der Waals surface area contributed by atoms with Crippen molar-refractivity contribution < 1.29 is 13.9 Å². The molecule has 0 bridgehead atoms. The Morgan fingerprint density at radius 2 is 1.80 bits per heavy atom. The van der Waals surface area contributed by atoms with Crippen molar-refractivity contribution in [3.05, 3.63) is 75.1 Å². The fourth-order valence-corrected chi connectivity index (χ4v) is 3.76. The summed E-state index contributed by atoms with van der Waals surface area (Å²) in [5.74, 6) is 0.456. The van der Waals surface area contributed by atoms with E-state index < -0.39 is 5.63 Å². The van der Waals surface area contributed by atoms with E-state index in [0.29, 0.717) is 24.4 Å². The molecule has 0 N–H and O–H groups in total. The Morgan fingerprint density at radius 1 is 1.07 bits per heavy atom. The minimum Gasteiger partial charge on any atom is -0.484 e. The van der Waals surface area contributed by atoms with Gasteiger partial charge in [0.05, 0.1) is 0 Å². The summed E-state index contributed by atoms with van der Waals surface area (Å²) in [6, 6.07) is 14.6. The molecule has 4 rings (SSSR count). The molecule has 1 aliphatic rings. The van der Waals surface area contributed by atoms with E-state index in [1.807, 2.05) is 42.2 Å². The lowest BCUT2D eigenvalue weighted by atomic mass is 10.1. The molecular formula is C23H23ClN2O4. The van der Waals surface area contributed by atoms with Crippen LogP contribution >= 0.6 is 11.6 Å². The second-order valence-electron chi connectivity index (χ2n) is 7.48. The molecule has 0 saturated carbocycles. The Morgan fingerprint density at radius 3 is 2.53 bits per heavy atom. The number of carbonyl (C=O) groups is 1. The summed E-state index contributed by atoms with van der Waals surface area (Å²) >= 11 is 5.94. The topological polar surface area (TPSA) is 63.0 Å². The third-order valence-electron chi connectivity index (χ3n) is 5.33. The van der Waals surface area contributed by atoms with E-state index in [2.05, 4.69) is 4.90 Å². The van der Waals surface area contributed by atoms with Crippen molar-refractivity contribution in [3.8, 4) is 5.75 Å². The molecule has 1 aromatic heterocycles. The van der Waals surface area contributed by atoms with Gasteiger partial charge in [-0.25, -0.2) is 4.79 Å². The lowest BCUT2D eigenvalue weighted by Gasteiger charge is -2.34. The van der Waals surface area contributed by atoms with Crippen LogP contribution in [0.2, 0.25) is 5.02 Å². The zero-order valence-corrected chi connectivity index (χ0v) is 17.5. The number of benzene rings is 2. The average molecular weight is 427 g/mol. The minimum absolute atomic E-state index is 0.0429. The van der Waals surface area contributed by atoms with Crippen LogP contribution in [0.1, 0.15) is 11.1 Å².